The molecular weight excluding hydrogens is 178 g/mol. The lowest BCUT2D eigenvalue weighted by Gasteiger charge is -2.05. The average molecular weight is 195 g/mol. The van der Waals surface area contributed by atoms with Gasteiger partial charge in [-0.1, -0.05) is 30.3 Å². The highest BCUT2D eigenvalue weighted by molar-refractivity contribution is 5.13. The first-order chi connectivity index (χ1) is 6.93. The summed E-state index contributed by atoms with van der Waals surface area (Å²) in [6.07, 6.45) is 0.964. The van der Waals surface area contributed by atoms with Gasteiger partial charge in [0.1, 0.15) is 0 Å². The zero-order valence-electron chi connectivity index (χ0n) is 8.53. The molecule has 78 valence electrons. The van der Waals surface area contributed by atoms with E-state index in [4.69, 9.17) is 9.57 Å². The van der Waals surface area contributed by atoms with Crippen molar-refractivity contribution >= 4 is 0 Å². The van der Waals surface area contributed by atoms with Gasteiger partial charge in [-0.2, -0.15) is 0 Å². The van der Waals surface area contributed by atoms with Gasteiger partial charge in [0.15, 0.2) is 0 Å². The van der Waals surface area contributed by atoms with E-state index in [2.05, 4.69) is 5.48 Å². The summed E-state index contributed by atoms with van der Waals surface area (Å²) in [5.41, 5.74) is 4.06. The quantitative estimate of drug-likeness (QED) is 0.531. The minimum absolute atomic E-state index is 0.605. The second-order valence-electron chi connectivity index (χ2n) is 3.01. The molecule has 0 atom stereocenters. The molecule has 1 aromatic rings. The first-order valence-corrected chi connectivity index (χ1v) is 4.81. The smallest absolute Gasteiger partial charge is 0.0933 e. The Morgan fingerprint density at radius 2 is 2.00 bits per heavy atom. The summed E-state index contributed by atoms with van der Waals surface area (Å²) in [5.74, 6) is 0. The molecule has 0 aliphatic rings. The Morgan fingerprint density at radius 1 is 1.21 bits per heavy atom. The summed E-state index contributed by atoms with van der Waals surface area (Å²) in [5, 5.41) is 0. The summed E-state index contributed by atoms with van der Waals surface area (Å²) < 4.78 is 4.91. The highest BCUT2D eigenvalue weighted by Crippen LogP contribution is 1.98. The number of ether oxygens (including phenoxy) is 1. The number of hydroxylamine groups is 1. The van der Waals surface area contributed by atoms with Gasteiger partial charge in [-0.15, -0.1) is 0 Å². The van der Waals surface area contributed by atoms with Crippen molar-refractivity contribution in [2.45, 2.75) is 13.0 Å². The van der Waals surface area contributed by atoms with Gasteiger partial charge in [0, 0.05) is 20.3 Å². The van der Waals surface area contributed by atoms with E-state index in [0.717, 1.165) is 19.6 Å². The maximum absolute atomic E-state index is 5.26. The van der Waals surface area contributed by atoms with Crippen LogP contribution in [0.4, 0.5) is 0 Å². The molecule has 0 spiro atoms. The van der Waals surface area contributed by atoms with Gasteiger partial charge in [0.25, 0.3) is 0 Å². The Kier molecular flexibility index (Phi) is 5.99. The van der Waals surface area contributed by atoms with Crippen molar-refractivity contribution in [1.82, 2.24) is 5.48 Å². The number of hydrogen-bond acceptors (Lipinski definition) is 3. The number of benzene rings is 1. The third-order valence-electron chi connectivity index (χ3n) is 1.81. The molecule has 1 N–H and O–H groups in total. The van der Waals surface area contributed by atoms with E-state index < -0.39 is 0 Å². The second kappa shape index (κ2) is 7.50. The standard InChI is InChI=1S/C11H17NO2/c1-13-9-5-8-12-14-10-11-6-3-2-4-7-11/h2-4,6-7,12H,5,8-10H2,1H3. The van der Waals surface area contributed by atoms with Gasteiger partial charge in [0.2, 0.25) is 0 Å². The van der Waals surface area contributed by atoms with Crippen LogP contribution in [-0.4, -0.2) is 20.3 Å². The lowest BCUT2D eigenvalue weighted by Crippen LogP contribution is -2.17. The summed E-state index contributed by atoms with van der Waals surface area (Å²) in [6.45, 7) is 2.19. The molecule has 0 aromatic heterocycles. The molecule has 0 radical (unpaired) electrons. The van der Waals surface area contributed by atoms with Crippen molar-refractivity contribution in [3.63, 3.8) is 0 Å². The zero-order valence-corrected chi connectivity index (χ0v) is 8.53. The molecule has 0 amide bonds. The van der Waals surface area contributed by atoms with E-state index in [1.54, 1.807) is 7.11 Å². The van der Waals surface area contributed by atoms with E-state index in [-0.39, 0.29) is 0 Å². The van der Waals surface area contributed by atoms with E-state index in [1.807, 2.05) is 30.3 Å². The van der Waals surface area contributed by atoms with Gasteiger partial charge in [-0.05, 0) is 12.0 Å². The minimum Gasteiger partial charge on any atom is -0.385 e. The second-order valence-corrected chi connectivity index (χ2v) is 3.01. The van der Waals surface area contributed by atoms with Crippen molar-refractivity contribution < 1.29 is 9.57 Å². The van der Waals surface area contributed by atoms with Crippen molar-refractivity contribution in [3.05, 3.63) is 35.9 Å². The van der Waals surface area contributed by atoms with Crippen molar-refractivity contribution in [2.75, 3.05) is 20.3 Å². The number of rotatable bonds is 7. The third-order valence-corrected chi connectivity index (χ3v) is 1.81. The van der Waals surface area contributed by atoms with Gasteiger partial charge in [-0.25, -0.2) is 5.48 Å². The number of hydrogen-bond donors (Lipinski definition) is 1. The summed E-state index contributed by atoms with van der Waals surface area (Å²) in [7, 11) is 1.70. The van der Waals surface area contributed by atoms with Crippen LogP contribution < -0.4 is 5.48 Å². The molecule has 1 rings (SSSR count). The van der Waals surface area contributed by atoms with Crippen LogP contribution in [0.5, 0.6) is 0 Å². The average Bonchev–Trinajstić information content (AvgIpc) is 2.25. The van der Waals surface area contributed by atoms with Crippen LogP contribution in [0.15, 0.2) is 30.3 Å². The van der Waals surface area contributed by atoms with Crippen LogP contribution in [0, 0.1) is 0 Å². The summed E-state index contributed by atoms with van der Waals surface area (Å²) >= 11 is 0. The predicted molar refractivity (Wildman–Crippen MR) is 55.7 cm³/mol. The van der Waals surface area contributed by atoms with Crippen LogP contribution >= 0.6 is 0 Å². The predicted octanol–water partition coefficient (Wildman–Crippen LogP) is 1.74. The molecule has 0 heterocycles. The van der Waals surface area contributed by atoms with Crippen molar-refractivity contribution in [3.8, 4) is 0 Å². The molecular formula is C11H17NO2. The number of nitrogens with one attached hydrogen (secondary N) is 1. The van der Waals surface area contributed by atoms with Crippen molar-refractivity contribution in [1.29, 1.82) is 0 Å². The first kappa shape index (κ1) is 11.2. The van der Waals surface area contributed by atoms with E-state index in [0.29, 0.717) is 6.61 Å². The molecule has 1 aromatic carbocycles. The highest BCUT2D eigenvalue weighted by Gasteiger charge is 1.90. The fourth-order valence-corrected chi connectivity index (χ4v) is 1.07. The fourth-order valence-electron chi connectivity index (χ4n) is 1.07. The van der Waals surface area contributed by atoms with Crippen LogP contribution in [0.1, 0.15) is 12.0 Å². The molecule has 0 fully saturated rings. The maximum Gasteiger partial charge on any atom is 0.0933 e. The number of methoxy groups -OCH3 is 1. The maximum atomic E-state index is 5.26. The van der Waals surface area contributed by atoms with Gasteiger partial charge in [-0.3, -0.25) is 4.84 Å². The Bertz CT molecular complexity index is 226. The highest BCUT2D eigenvalue weighted by atomic mass is 16.6. The molecule has 0 aliphatic heterocycles. The molecule has 0 saturated heterocycles. The van der Waals surface area contributed by atoms with Gasteiger partial charge < -0.3 is 4.74 Å². The van der Waals surface area contributed by atoms with Gasteiger partial charge in [0.05, 0.1) is 6.61 Å². The Labute approximate surface area is 85.0 Å². The lowest BCUT2D eigenvalue weighted by molar-refractivity contribution is 0.0238. The molecule has 0 bridgehead atoms. The molecule has 0 unspecified atom stereocenters. The van der Waals surface area contributed by atoms with Gasteiger partial charge >= 0.3 is 0 Å². The summed E-state index contributed by atoms with van der Waals surface area (Å²) in [6, 6.07) is 10.1. The fraction of sp³-hybridized carbons (Fsp3) is 0.455. The monoisotopic (exact) mass is 195 g/mol. The van der Waals surface area contributed by atoms with Crippen LogP contribution in [0.25, 0.3) is 0 Å². The van der Waals surface area contributed by atoms with Crippen LogP contribution in [0.3, 0.4) is 0 Å². The molecule has 3 nitrogen and oxygen atoms in total. The van der Waals surface area contributed by atoms with E-state index in [1.165, 1.54) is 5.56 Å². The third kappa shape index (κ3) is 4.97. The van der Waals surface area contributed by atoms with Crippen LogP contribution in [-0.2, 0) is 16.2 Å². The molecule has 0 saturated carbocycles. The van der Waals surface area contributed by atoms with E-state index in [9.17, 15) is 0 Å². The molecule has 3 heteroatoms. The first-order valence-electron chi connectivity index (χ1n) is 4.81. The zero-order chi connectivity index (χ0) is 10.1. The Hall–Kier alpha value is -0.900. The summed E-state index contributed by atoms with van der Waals surface area (Å²) in [4.78, 5) is 5.26. The van der Waals surface area contributed by atoms with E-state index >= 15 is 0 Å². The minimum atomic E-state index is 0.605. The van der Waals surface area contributed by atoms with Crippen molar-refractivity contribution in [2.24, 2.45) is 0 Å². The Morgan fingerprint density at radius 3 is 2.71 bits per heavy atom. The molecule has 14 heavy (non-hydrogen) atoms. The molecule has 0 aliphatic carbocycles. The van der Waals surface area contributed by atoms with Crippen LogP contribution in [0.2, 0.25) is 0 Å². The Balaban J connectivity index is 1.99. The largest absolute Gasteiger partial charge is 0.385 e. The topological polar surface area (TPSA) is 30.5 Å². The SMILES string of the molecule is COCCCNOCc1ccccc1. The lowest BCUT2D eigenvalue weighted by atomic mass is 10.2. The normalized spacial score (nSPS) is 10.4.